The minimum atomic E-state index is -0.759. The molecule has 0 amide bonds. The Labute approximate surface area is 89.3 Å². The number of aliphatic carboxylic acids is 1. The van der Waals surface area contributed by atoms with E-state index in [-0.39, 0.29) is 5.25 Å². The third-order valence-corrected chi connectivity index (χ3v) is 3.53. The van der Waals surface area contributed by atoms with Crippen molar-refractivity contribution in [1.82, 2.24) is 0 Å². The maximum atomic E-state index is 12.8. The van der Waals surface area contributed by atoms with Crippen LogP contribution in [0.25, 0.3) is 0 Å². The van der Waals surface area contributed by atoms with E-state index >= 15 is 0 Å². The van der Waals surface area contributed by atoms with E-state index in [0.717, 1.165) is 12.2 Å². The summed E-state index contributed by atoms with van der Waals surface area (Å²) in [6, 6.07) is 0. The molecule has 0 aromatic carbocycles. The molecule has 0 rings (SSSR count). The first kappa shape index (κ1) is 13.8. The van der Waals surface area contributed by atoms with Crippen LogP contribution >= 0.6 is 11.8 Å². The number of rotatable bonds is 8. The number of halogens is 1. The highest BCUT2D eigenvalue weighted by Crippen LogP contribution is 2.18. The summed E-state index contributed by atoms with van der Waals surface area (Å²) >= 11 is 1.42. The molecule has 0 fully saturated rings. The van der Waals surface area contributed by atoms with Crippen LogP contribution in [0.1, 0.15) is 39.5 Å². The normalized spacial score (nSPS) is 15.1. The topological polar surface area (TPSA) is 37.3 Å². The molecule has 2 unspecified atom stereocenters. The minimum absolute atomic E-state index is 0.324. The van der Waals surface area contributed by atoms with Crippen molar-refractivity contribution in [2.75, 3.05) is 5.75 Å². The van der Waals surface area contributed by atoms with Crippen molar-refractivity contribution >= 4 is 17.7 Å². The summed E-state index contributed by atoms with van der Waals surface area (Å²) < 4.78 is 12.8. The van der Waals surface area contributed by atoms with Crippen LogP contribution < -0.4 is 0 Å². The van der Waals surface area contributed by atoms with Crippen molar-refractivity contribution in [2.45, 2.75) is 51.0 Å². The average molecular weight is 222 g/mol. The third kappa shape index (κ3) is 6.24. The van der Waals surface area contributed by atoms with Crippen molar-refractivity contribution < 1.29 is 14.3 Å². The predicted molar refractivity (Wildman–Crippen MR) is 58.6 cm³/mol. The smallest absolute Gasteiger partial charge is 0.316 e. The monoisotopic (exact) mass is 222 g/mol. The van der Waals surface area contributed by atoms with Gasteiger partial charge in [-0.05, 0) is 31.4 Å². The van der Waals surface area contributed by atoms with E-state index in [2.05, 4.69) is 0 Å². The Bertz CT molecular complexity index is 164. The lowest BCUT2D eigenvalue weighted by molar-refractivity contribution is -0.136. The summed E-state index contributed by atoms with van der Waals surface area (Å²) in [4.78, 5) is 10.6. The minimum Gasteiger partial charge on any atom is -0.480 e. The van der Waals surface area contributed by atoms with Gasteiger partial charge in [0.2, 0.25) is 0 Å². The van der Waals surface area contributed by atoms with Crippen LogP contribution in [-0.4, -0.2) is 28.3 Å². The summed E-state index contributed by atoms with van der Waals surface area (Å²) in [5, 5.41) is 8.41. The maximum absolute atomic E-state index is 12.8. The van der Waals surface area contributed by atoms with Gasteiger partial charge >= 0.3 is 5.97 Å². The Kier molecular flexibility index (Phi) is 7.95. The Morgan fingerprint density at radius 2 is 2.07 bits per heavy atom. The van der Waals surface area contributed by atoms with Gasteiger partial charge in [0.05, 0.1) is 6.17 Å². The van der Waals surface area contributed by atoms with Crippen LogP contribution in [0.4, 0.5) is 4.39 Å². The molecular formula is C10H19FO2S. The lowest BCUT2D eigenvalue weighted by Gasteiger charge is -2.09. The molecule has 0 spiro atoms. The van der Waals surface area contributed by atoms with E-state index in [1.54, 1.807) is 0 Å². The zero-order valence-corrected chi connectivity index (χ0v) is 9.65. The molecule has 0 aromatic rings. The van der Waals surface area contributed by atoms with Crippen molar-refractivity contribution in [1.29, 1.82) is 0 Å². The van der Waals surface area contributed by atoms with Gasteiger partial charge in [-0.1, -0.05) is 13.8 Å². The van der Waals surface area contributed by atoms with Crippen LogP contribution in [0.15, 0.2) is 0 Å². The largest absolute Gasteiger partial charge is 0.480 e. The van der Waals surface area contributed by atoms with E-state index < -0.39 is 12.1 Å². The first-order valence-corrected chi connectivity index (χ1v) is 6.15. The maximum Gasteiger partial charge on any atom is 0.316 e. The second-order valence-corrected chi connectivity index (χ2v) is 4.56. The molecule has 84 valence electrons. The molecule has 1 N–H and O–H groups in total. The van der Waals surface area contributed by atoms with Crippen LogP contribution in [0.3, 0.4) is 0 Å². The number of carboxylic acids is 1. The fraction of sp³-hybridized carbons (Fsp3) is 0.900. The molecule has 0 heterocycles. The van der Waals surface area contributed by atoms with E-state index in [1.165, 1.54) is 11.8 Å². The lowest BCUT2D eigenvalue weighted by Crippen LogP contribution is -2.15. The molecular weight excluding hydrogens is 203 g/mol. The highest BCUT2D eigenvalue weighted by Gasteiger charge is 2.14. The lowest BCUT2D eigenvalue weighted by atomic mass is 10.2. The quantitative estimate of drug-likeness (QED) is 0.641. The zero-order valence-electron chi connectivity index (χ0n) is 8.83. The zero-order chi connectivity index (χ0) is 11.0. The van der Waals surface area contributed by atoms with E-state index in [9.17, 15) is 9.18 Å². The second kappa shape index (κ2) is 8.09. The van der Waals surface area contributed by atoms with Crippen molar-refractivity contribution in [3.63, 3.8) is 0 Å². The van der Waals surface area contributed by atoms with Crippen molar-refractivity contribution in [3.8, 4) is 0 Å². The summed E-state index contributed by atoms with van der Waals surface area (Å²) in [6.07, 6.45) is 1.79. The Morgan fingerprint density at radius 1 is 1.43 bits per heavy atom. The van der Waals surface area contributed by atoms with Crippen LogP contribution in [0.5, 0.6) is 0 Å². The molecule has 2 atom stereocenters. The fourth-order valence-electron chi connectivity index (χ4n) is 1.10. The van der Waals surface area contributed by atoms with E-state index in [1.807, 2.05) is 13.8 Å². The Morgan fingerprint density at radius 3 is 2.50 bits per heavy atom. The number of thioether (sulfide) groups is 1. The highest BCUT2D eigenvalue weighted by atomic mass is 32.2. The molecule has 0 saturated carbocycles. The SMILES string of the molecule is CCC(F)CCCSC(CC)C(=O)O. The van der Waals surface area contributed by atoms with Gasteiger partial charge < -0.3 is 5.11 Å². The molecule has 0 radical (unpaired) electrons. The number of hydrogen-bond donors (Lipinski definition) is 1. The summed E-state index contributed by atoms with van der Waals surface area (Å²) in [5.74, 6) is -0.0182. The van der Waals surface area contributed by atoms with Gasteiger partial charge in [0.1, 0.15) is 5.25 Å². The number of carboxylic acid groups (broad SMARTS) is 1. The number of hydrogen-bond acceptors (Lipinski definition) is 2. The van der Waals surface area contributed by atoms with Gasteiger partial charge in [0.25, 0.3) is 0 Å². The number of carbonyl (C=O) groups is 1. The second-order valence-electron chi connectivity index (χ2n) is 3.25. The molecule has 0 aliphatic heterocycles. The third-order valence-electron chi connectivity index (χ3n) is 2.07. The highest BCUT2D eigenvalue weighted by molar-refractivity contribution is 8.00. The molecule has 0 bridgehead atoms. The van der Waals surface area contributed by atoms with E-state index in [4.69, 9.17) is 5.11 Å². The molecule has 0 aromatic heterocycles. The van der Waals surface area contributed by atoms with Crippen molar-refractivity contribution in [2.24, 2.45) is 0 Å². The van der Waals surface area contributed by atoms with E-state index in [0.29, 0.717) is 19.3 Å². The van der Waals surface area contributed by atoms with Gasteiger partial charge in [0, 0.05) is 0 Å². The standard InChI is InChI=1S/C10H19FO2S/c1-3-8(11)6-5-7-14-9(4-2)10(12)13/h8-9H,3-7H2,1-2H3,(H,12,13). The molecule has 0 aliphatic rings. The van der Waals surface area contributed by atoms with Gasteiger partial charge in [-0.25, -0.2) is 4.39 Å². The van der Waals surface area contributed by atoms with Crippen molar-refractivity contribution in [3.05, 3.63) is 0 Å². The molecule has 2 nitrogen and oxygen atoms in total. The van der Waals surface area contributed by atoms with Gasteiger partial charge in [-0.15, -0.1) is 11.8 Å². The summed E-state index contributed by atoms with van der Waals surface area (Å²) in [7, 11) is 0. The van der Waals surface area contributed by atoms with Crippen LogP contribution in [0, 0.1) is 0 Å². The molecule has 0 saturated heterocycles. The Hall–Kier alpha value is -0.250. The first-order chi connectivity index (χ1) is 6.61. The fourth-order valence-corrected chi connectivity index (χ4v) is 2.09. The average Bonchev–Trinajstić information content (AvgIpc) is 2.16. The molecule has 4 heteroatoms. The van der Waals surface area contributed by atoms with Crippen LogP contribution in [0.2, 0.25) is 0 Å². The Balaban J connectivity index is 3.47. The van der Waals surface area contributed by atoms with Crippen LogP contribution in [-0.2, 0) is 4.79 Å². The first-order valence-electron chi connectivity index (χ1n) is 5.10. The van der Waals surface area contributed by atoms with Gasteiger partial charge in [0.15, 0.2) is 0 Å². The number of alkyl halides is 1. The summed E-state index contributed by atoms with van der Waals surface area (Å²) in [5.41, 5.74) is 0. The van der Waals surface area contributed by atoms with Gasteiger partial charge in [-0.2, -0.15) is 0 Å². The van der Waals surface area contributed by atoms with Gasteiger partial charge in [-0.3, -0.25) is 4.79 Å². The summed E-state index contributed by atoms with van der Waals surface area (Å²) in [6.45, 7) is 3.68. The molecule has 14 heavy (non-hydrogen) atoms. The molecule has 0 aliphatic carbocycles. The predicted octanol–water partition coefficient (Wildman–Crippen LogP) is 3.11.